The molecule has 0 fully saturated rings. The summed E-state index contributed by atoms with van der Waals surface area (Å²) in [5.74, 6) is 0.0712. The van der Waals surface area contributed by atoms with Gasteiger partial charge in [-0.25, -0.2) is 0 Å². The molecule has 1 aromatic rings. The molecule has 0 atom stereocenters. The van der Waals surface area contributed by atoms with E-state index >= 15 is 0 Å². The Morgan fingerprint density at radius 3 is 2.46 bits per heavy atom. The van der Waals surface area contributed by atoms with Gasteiger partial charge in [0.15, 0.2) is 0 Å². The fraction of sp³-hybridized carbons (Fsp3) is 0. The summed E-state index contributed by atoms with van der Waals surface area (Å²) in [6.07, 6.45) is 0. The lowest BCUT2D eigenvalue weighted by Crippen LogP contribution is -2.18. The molecule has 0 saturated carbocycles. The highest BCUT2D eigenvalue weighted by molar-refractivity contribution is 9.10. The Balaban J connectivity index is 3.03. The molecule has 4 nitrogen and oxygen atoms in total. The average molecular weight is 287 g/mol. The van der Waals surface area contributed by atoms with Gasteiger partial charge in [0, 0.05) is 15.6 Å². The highest BCUT2D eigenvalue weighted by Crippen LogP contribution is 2.24. The normalized spacial score (nSPS) is 11.3. The Labute approximate surface area is 89.0 Å². The van der Waals surface area contributed by atoms with Crippen molar-refractivity contribution in [1.29, 1.82) is 0 Å². The predicted octanol–water partition coefficient (Wildman–Crippen LogP) is 1.68. The van der Waals surface area contributed by atoms with Crippen molar-refractivity contribution in [1.82, 2.24) is 0 Å². The molecule has 0 radical (unpaired) electrons. The van der Waals surface area contributed by atoms with Crippen LogP contribution in [0.15, 0.2) is 22.7 Å². The first-order chi connectivity index (χ1) is 5.87. The van der Waals surface area contributed by atoms with Crippen LogP contribution in [0.2, 0.25) is 5.02 Å². The quantitative estimate of drug-likeness (QED) is 0.899. The van der Waals surface area contributed by atoms with Gasteiger partial charge < -0.3 is 4.18 Å². The second-order valence-electron chi connectivity index (χ2n) is 2.18. The summed E-state index contributed by atoms with van der Waals surface area (Å²) in [4.78, 5) is 0. The van der Waals surface area contributed by atoms with E-state index in [4.69, 9.17) is 11.6 Å². The molecule has 0 heterocycles. The van der Waals surface area contributed by atoms with Crippen LogP contribution >= 0.6 is 27.5 Å². The minimum absolute atomic E-state index is 0.0712. The van der Waals surface area contributed by atoms with Crippen molar-refractivity contribution in [3.63, 3.8) is 0 Å². The van der Waals surface area contributed by atoms with Crippen LogP contribution < -0.4 is 9.32 Å². The van der Waals surface area contributed by atoms with E-state index in [1.165, 1.54) is 12.1 Å². The average Bonchev–Trinajstić information content (AvgIpc) is 1.78. The standard InChI is InChI=1S/C6H5BrClNO3S/c7-4-1-5(8)3-6(2-4)12-13(9,10)11/h1-3H,(H2,9,10,11). The molecular formula is C6H5BrClNO3S. The van der Waals surface area contributed by atoms with Gasteiger partial charge in [-0.1, -0.05) is 27.5 Å². The first-order valence-corrected chi connectivity index (χ1v) is 5.69. The van der Waals surface area contributed by atoms with Gasteiger partial charge in [0.2, 0.25) is 0 Å². The summed E-state index contributed by atoms with van der Waals surface area (Å²) >= 11 is 8.75. The smallest absolute Gasteiger partial charge is 0.371 e. The lowest BCUT2D eigenvalue weighted by molar-refractivity contribution is 0.487. The van der Waals surface area contributed by atoms with Crippen molar-refractivity contribution in [3.05, 3.63) is 27.7 Å². The second kappa shape index (κ2) is 3.83. The fourth-order valence-corrected chi connectivity index (χ4v) is 1.90. The summed E-state index contributed by atoms with van der Waals surface area (Å²) in [5.41, 5.74) is 0. The number of benzene rings is 1. The van der Waals surface area contributed by atoms with Crippen molar-refractivity contribution in [2.45, 2.75) is 0 Å². The Morgan fingerprint density at radius 1 is 1.38 bits per heavy atom. The molecule has 0 aliphatic carbocycles. The van der Waals surface area contributed by atoms with Crippen LogP contribution in [-0.2, 0) is 10.3 Å². The number of hydrogen-bond donors (Lipinski definition) is 1. The van der Waals surface area contributed by atoms with Gasteiger partial charge in [-0.3, -0.25) is 0 Å². The summed E-state index contributed by atoms with van der Waals surface area (Å²) in [6.45, 7) is 0. The van der Waals surface area contributed by atoms with Gasteiger partial charge in [0.1, 0.15) is 5.75 Å². The zero-order valence-corrected chi connectivity index (χ0v) is 9.36. The topological polar surface area (TPSA) is 69.4 Å². The maximum absolute atomic E-state index is 10.5. The van der Waals surface area contributed by atoms with Crippen LogP contribution in [0.1, 0.15) is 0 Å². The molecule has 7 heteroatoms. The van der Waals surface area contributed by atoms with Gasteiger partial charge in [0.05, 0.1) is 0 Å². The molecule has 0 amide bonds. The van der Waals surface area contributed by atoms with E-state index in [-0.39, 0.29) is 5.75 Å². The van der Waals surface area contributed by atoms with Gasteiger partial charge in [-0.15, -0.1) is 0 Å². The summed E-state index contributed by atoms with van der Waals surface area (Å²) in [7, 11) is -3.99. The number of rotatable bonds is 2. The van der Waals surface area contributed by atoms with E-state index in [0.29, 0.717) is 9.50 Å². The molecule has 0 aliphatic heterocycles. The van der Waals surface area contributed by atoms with Crippen molar-refractivity contribution >= 4 is 37.8 Å². The van der Waals surface area contributed by atoms with Crippen molar-refractivity contribution in [2.24, 2.45) is 5.14 Å². The van der Waals surface area contributed by atoms with E-state index < -0.39 is 10.3 Å². The zero-order chi connectivity index (χ0) is 10.1. The van der Waals surface area contributed by atoms with Crippen molar-refractivity contribution < 1.29 is 12.6 Å². The molecule has 0 spiro atoms. The Morgan fingerprint density at radius 2 is 2.00 bits per heavy atom. The molecule has 13 heavy (non-hydrogen) atoms. The fourth-order valence-electron chi connectivity index (χ4n) is 0.711. The van der Waals surface area contributed by atoms with Gasteiger partial charge >= 0.3 is 10.3 Å². The van der Waals surface area contributed by atoms with Crippen LogP contribution in [0, 0.1) is 0 Å². The first kappa shape index (κ1) is 10.8. The molecule has 0 unspecified atom stereocenters. The lowest BCUT2D eigenvalue weighted by Gasteiger charge is -2.02. The van der Waals surface area contributed by atoms with E-state index in [1.54, 1.807) is 6.07 Å². The number of hydrogen-bond acceptors (Lipinski definition) is 3. The monoisotopic (exact) mass is 285 g/mol. The van der Waals surface area contributed by atoms with E-state index in [2.05, 4.69) is 25.3 Å². The maximum Gasteiger partial charge on any atom is 0.380 e. The molecule has 2 N–H and O–H groups in total. The first-order valence-electron chi connectivity index (χ1n) is 3.05. The van der Waals surface area contributed by atoms with Crippen molar-refractivity contribution in [3.8, 4) is 5.75 Å². The van der Waals surface area contributed by atoms with Gasteiger partial charge in [-0.05, 0) is 12.1 Å². The molecule has 1 rings (SSSR count). The van der Waals surface area contributed by atoms with Crippen LogP contribution in [0.25, 0.3) is 0 Å². The molecule has 1 aromatic carbocycles. The van der Waals surface area contributed by atoms with E-state index in [9.17, 15) is 8.42 Å². The zero-order valence-electron chi connectivity index (χ0n) is 6.20. The third-order valence-electron chi connectivity index (χ3n) is 1.05. The third kappa shape index (κ3) is 3.95. The minimum atomic E-state index is -3.99. The molecule has 72 valence electrons. The minimum Gasteiger partial charge on any atom is -0.371 e. The molecule has 0 saturated heterocycles. The van der Waals surface area contributed by atoms with Crippen LogP contribution in [0.3, 0.4) is 0 Å². The second-order valence-corrected chi connectivity index (χ2v) is 4.69. The summed E-state index contributed by atoms with van der Waals surface area (Å²) < 4.78 is 26.0. The van der Waals surface area contributed by atoms with Crippen LogP contribution in [0.4, 0.5) is 0 Å². The largest absolute Gasteiger partial charge is 0.380 e. The Hall–Kier alpha value is -0.300. The van der Waals surface area contributed by atoms with Gasteiger partial charge in [0.25, 0.3) is 0 Å². The molecule has 0 aromatic heterocycles. The van der Waals surface area contributed by atoms with E-state index in [0.717, 1.165) is 0 Å². The van der Waals surface area contributed by atoms with Crippen molar-refractivity contribution in [2.75, 3.05) is 0 Å². The predicted molar refractivity (Wildman–Crippen MR) is 52.9 cm³/mol. The number of nitrogens with two attached hydrogens (primary N) is 1. The Bertz CT molecular complexity index is 400. The Kier molecular flexibility index (Phi) is 3.18. The van der Waals surface area contributed by atoms with E-state index in [1.807, 2.05) is 0 Å². The molecule has 0 aliphatic rings. The highest BCUT2D eigenvalue weighted by atomic mass is 79.9. The molecule has 0 bridgehead atoms. The number of halogens is 2. The lowest BCUT2D eigenvalue weighted by atomic mass is 10.3. The van der Waals surface area contributed by atoms with Crippen LogP contribution in [-0.4, -0.2) is 8.42 Å². The summed E-state index contributed by atoms with van der Waals surface area (Å²) in [5, 5.41) is 5.01. The maximum atomic E-state index is 10.5. The SMILES string of the molecule is NS(=O)(=O)Oc1cc(Cl)cc(Br)c1. The highest BCUT2D eigenvalue weighted by Gasteiger charge is 2.06. The van der Waals surface area contributed by atoms with Crippen LogP contribution in [0.5, 0.6) is 5.75 Å². The third-order valence-corrected chi connectivity index (χ3v) is 2.15. The summed E-state index contributed by atoms with van der Waals surface area (Å²) in [6, 6.07) is 4.38. The van der Waals surface area contributed by atoms with Gasteiger partial charge in [-0.2, -0.15) is 13.6 Å². The molecular weight excluding hydrogens is 281 g/mol.